The lowest BCUT2D eigenvalue weighted by Gasteiger charge is -2.24. The van der Waals surface area contributed by atoms with Crippen molar-refractivity contribution >= 4 is 22.4 Å². The predicted molar refractivity (Wildman–Crippen MR) is 79.0 cm³/mol. The summed E-state index contributed by atoms with van der Waals surface area (Å²) in [5.41, 5.74) is 7.94. The second-order valence-electron chi connectivity index (χ2n) is 5.87. The minimum Gasteiger partial charge on any atom is -0.399 e. The van der Waals surface area contributed by atoms with Gasteiger partial charge < -0.3 is 11.1 Å². The van der Waals surface area contributed by atoms with E-state index in [2.05, 4.69) is 22.2 Å². The van der Waals surface area contributed by atoms with Crippen LogP contribution in [-0.4, -0.2) is 16.5 Å². The van der Waals surface area contributed by atoms with E-state index in [1.165, 1.54) is 25.7 Å². The maximum Gasteiger partial charge on any atom is 0.137 e. The average molecular weight is 256 g/mol. The van der Waals surface area contributed by atoms with Crippen molar-refractivity contribution < 1.29 is 0 Å². The summed E-state index contributed by atoms with van der Waals surface area (Å²) >= 11 is 0. The zero-order chi connectivity index (χ0) is 13.3. The molecule has 0 bridgehead atoms. The van der Waals surface area contributed by atoms with Crippen LogP contribution in [0.1, 0.15) is 32.6 Å². The Bertz CT molecular complexity index is 588. The van der Waals surface area contributed by atoms with Crippen molar-refractivity contribution in [2.24, 2.45) is 5.41 Å². The summed E-state index contributed by atoms with van der Waals surface area (Å²) in [6, 6.07) is 5.75. The highest BCUT2D eigenvalue weighted by atomic mass is 15.0. The van der Waals surface area contributed by atoms with Gasteiger partial charge in [-0.2, -0.15) is 0 Å². The van der Waals surface area contributed by atoms with Crippen LogP contribution in [0.15, 0.2) is 24.5 Å². The summed E-state index contributed by atoms with van der Waals surface area (Å²) in [5.74, 6) is 0.894. The third kappa shape index (κ3) is 2.48. The SMILES string of the molecule is CC1(CNc2ncnc3ccc(N)cc23)CCCC1. The molecule has 1 saturated carbocycles. The van der Waals surface area contributed by atoms with Gasteiger partial charge in [0.05, 0.1) is 5.52 Å². The molecule has 1 aromatic carbocycles. The van der Waals surface area contributed by atoms with E-state index in [1.54, 1.807) is 6.33 Å². The Labute approximate surface area is 113 Å². The minimum atomic E-state index is 0.400. The first kappa shape index (κ1) is 12.2. The first-order valence-corrected chi connectivity index (χ1v) is 6.90. The van der Waals surface area contributed by atoms with Crippen LogP contribution >= 0.6 is 0 Å². The van der Waals surface area contributed by atoms with Crippen LogP contribution in [0.4, 0.5) is 11.5 Å². The highest BCUT2D eigenvalue weighted by Crippen LogP contribution is 2.37. The third-order valence-electron chi connectivity index (χ3n) is 4.15. The van der Waals surface area contributed by atoms with E-state index < -0.39 is 0 Å². The van der Waals surface area contributed by atoms with Gasteiger partial charge in [-0.15, -0.1) is 0 Å². The number of nitrogens with zero attached hydrogens (tertiary/aromatic N) is 2. The third-order valence-corrected chi connectivity index (χ3v) is 4.15. The molecule has 4 nitrogen and oxygen atoms in total. The maximum absolute atomic E-state index is 5.85. The van der Waals surface area contributed by atoms with E-state index in [0.717, 1.165) is 29.0 Å². The quantitative estimate of drug-likeness (QED) is 0.828. The van der Waals surface area contributed by atoms with Gasteiger partial charge in [0.15, 0.2) is 0 Å². The minimum absolute atomic E-state index is 0.400. The van der Waals surface area contributed by atoms with Gasteiger partial charge in [0.1, 0.15) is 12.1 Å². The summed E-state index contributed by atoms with van der Waals surface area (Å²) in [6.45, 7) is 3.32. The average Bonchev–Trinajstić information content (AvgIpc) is 2.84. The van der Waals surface area contributed by atoms with Gasteiger partial charge in [0.2, 0.25) is 0 Å². The van der Waals surface area contributed by atoms with E-state index in [1.807, 2.05) is 18.2 Å². The monoisotopic (exact) mass is 256 g/mol. The van der Waals surface area contributed by atoms with Crippen LogP contribution in [0.2, 0.25) is 0 Å². The molecule has 4 heteroatoms. The summed E-state index contributed by atoms with van der Waals surface area (Å²) in [6.07, 6.45) is 6.89. The van der Waals surface area contributed by atoms with Gasteiger partial charge in [-0.1, -0.05) is 19.8 Å². The highest BCUT2D eigenvalue weighted by Gasteiger charge is 2.28. The number of benzene rings is 1. The van der Waals surface area contributed by atoms with E-state index >= 15 is 0 Å². The van der Waals surface area contributed by atoms with Crippen LogP contribution in [-0.2, 0) is 0 Å². The van der Waals surface area contributed by atoms with Crippen LogP contribution in [0.3, 0.4) is 0 Å². The first-order chi connectivity index (χ1) is 9.16. The van der Waals surface area contributed by atoms with Crippen molar-refractivity contribution in [2.45, 2.75) is 32.6 Å². The second kappa shape index (κ2) is 4.68. The molecule has 1 heterocycles. The van der Waals surface area contributed by atoms with E-state index in [9.17, 15) is 0 Å². The molecule has 0 spiro atoms. The fourth-order valence-corrected chi connectivity index (χ4v) is 2.92. The Morgan fingerprint density at radius 2 is 2.05 bits per heavy atom. The maximum atomic E-state index is 5.85. The molecule has 2 aromatic rings. The lowest BCUT2D eigenvalue weighted by Crippen LogP contribution is -2.23. The number of anilines is 2. The Kier molecular flexibility index (Phi) is 3.01. The number of nitrogens with one attached hydrogen (secondary N) is 1. The molecule has 0 amide bonds. The van der Waals surface area contributed by atoms with Crippen molar-refractivity contribution in [2.75, 3.05) is 17.6 Å². The number of nitrogens with two attached hydrogens (primary N) is 1. The zero-order valence-electron chi connectivity index (χ0n) is 11.3. The van der Waals surface area contributed by atoms with Gasteiger partial charge >= 0.3 is 0 Å². The molecule has 1 aromatic heterocycles. The Morgan fingerprint density at radius 1 is 1.26 bits per heavy atom. The van der Waals surface area contributed by atoms with E-state index in [4.69, 9.17) is 5.73 Å². The summed E-state index contributed by atoms with van der Waals surface area (Å²) in [7, 11) is 0. The van der Waals surface area contributed by atoms with Gasteiger partial charge in [-0.25, -0.2) is 9.97 Å². The molecule has 3 rings (SSSR count). The largest absolute Gasteiger partial charge is 0.399 e. The topological polar surface area (TPSA) is 63.8 Å². The molecule has 0 saturated heterocycles. The number of rotatable bonds is 3. The Balaban J connectivity index is 1.86. The first-order valence-electron chi connectivity index (χ1n) is 6.90. The molecule has 0 aliphatic heterocycles. The Morgan fingerprint density at radius 3 is 2.84 bits per heavy atom. The number of fused-ring (bicyclic) bond motifs is 1. The molecular weight excluding hydrogens is 236 g/mol. The van der Waals surface area contributed by atoms with Gasteiger partial charge in [-0.3, -0.25) is 0 Å². The van der Waals surface area contributed by atoms with Crippen molar-refractivity contribution in [1.29, 1.82) is 0 Å². The standard InChI is InChI=1S/C15H20N4/c1-15(6-2-3-7-15)9-17-14-12-8-11(16)4-5-13(12)18-10-19-14/h4-5,8,10H,2-3,6-7,9,16H2,1H3,(H,17,18,19). The van der Waals surface area contributed by atoms with Gasteiger partial charge in [0, 0.05) is 17.6 Å². The Hall–Kier alpha value is -1.84. The molecule has 1 aliphatic rings. The molecule has 0 atom stereocenters. The van der Waals surface area contributed by atoms with Crippen molar-refractivity contribution in [1.82, 2.24) is 9.97 Å². The van der Waals surface area contributed by atoms with Crippen molar-refractivity contribution in [3.63, 3.8) is 0 Å². The lowest BCUT2D eigenvalue weighted by atomic mass is 9.89. The smallest absolute Gasteiger partial charge is 0.137 e. The van der Waals surface area contributed by atoms with Crippen LogP contribution in [0.5, 0.6) is 0 Å². The zero-order valence-corrected chi connectivity index (χ0v) is 11.3. The van der Waals surface area contributed by atoms with Crippen molar-refractivity contribution in [3.05, 3.63) is 24.5 Å². The highest BCUT2D eigenvalue weighted by molar-refractivity contribution is 5.91. The molecule has 19 heavy (non-hydrogen) atoms. The number of nitrogen functional groups attached to an aromatic ring is 1. The number of hydrogen-bond donors (Lipinski definition) is 2. The summed E-state index contributed by atoms with van der Waals surface area (Å²) in [4.78, 5) is 8.64. The fraction of sp³-hybridized carbons (Fsp3) is 0.467. The van der Waals surface area contributed by atoms with Crippen LogP contribution in [0, 0.1) is 5.41 Å². The molecule has 100 valence electrons. The predicted octanol–water partition coefficient (Wildman–Crippen LogP) is 3.20. The molecule has 1 fully saturated rings. The van der Waals surface area contributed by atoms with E-state index in [0.29, 0.717) is 5.41 Å². The molecule has 1 aliphatic carbocycles. The molecule has 0 unspecified atom stereocenters. The molecular formula is C15H20N4. The lowest BCUT2D eigenvalue weighted by molar-refractivity contribution is 0.362. The normalized spacial score (nSPS) is 17.7. The van der Waals surface area contributed by atoms with Gasteiger partial charge in [-0.05, 0) is 36.5 Å². The van der Waals surface area contributed by atoms with E-state index in [-0.39, 0.29) is 0 Å². The number of hydrogen-bond acceptors (Lipinski definition) is 4. The van der Waals surface area contributed by atoms with Crippen LogP contribution < -0.4 is 11.1 Å². The molecule has 0 radical (unpaired) electrons. The summed E-state index contributed by atoms with van der Waals surface area (Å²) < 4.78 is 0. The molecule has 3 N–H and O–H groups in total. The van der Waals surface area contributed by atoms with Gasteiger partial charge in [0.25, 0.3) is 0 Å². The summed E-state index contributed by atoms with van der Waals surface area (Å²) in [5, 5.41) is 4.49. The number of aromatic nitrogens is 2. The van der Waals surface area contributed by atoms with Crippen molar-refractivity contribution in [3.8, 4) is 0 Å². The second-order valence-corrected chi connectivity index (χ2v) is 5.87. The fourth-order valence-electron chi connectivity index (χ4n) is 2.92. The van der Waals surface area contributed by atoms with Crippen LogP contribution in [0.25, 0.3) is 10.9 Å².